The highest BCUT2D eigenvalue weighted by molar-refractivity contribution is 9.10. The van der Waals surface area contributed by atoms with E-state index >= 15 is 0 Å². The zero-order chi connectivity index (χ0) is 13.8. The van der Waals surface area contributed by atoms with E-state index in [0.29, 0.717) is 11.6 Å². The fraction of sp³-hybridized carbons (Fsp3) is 0.200. The van der Waals surface area contributed by atoms with E-state index in [-0.39, 0.29) is 0 Å². The van der Waals surface area contributed by atoms with Gasteiger partial charge in [-0.2, -0.15) is 0 Å². The van der Waals surface area contributed by atoms with Crippen LogP contribution in [0.1, 0.15) is 24.2 Å². The highest BCUT2D eigenvalue weighted by Gasteiger charge is 2.07. The normalized spacial score (nSPS) is 12.2. The molecule has 0 aliphatic carbocycles. The van der Waals surface area contributed by atoms with E-state index in [0.717, 1.165) is 21.3 Å². The molecule has 19 heavy (non-hydrogen) atoms. The van der Waals surface area contributed by atoms with Gasteiger partial charge in [0.25, 0.3) is 0 Å². The number of nitrogens with one attached hydrogen (secondary N) is 1. The van der Waals surface area contributed by atoms with Gasteiger partial charge in [0, 0.05) is 27.3 Å². The Morgan fingerprint density at radius 3 is 2.68 bits per heavy atom. The number of benzene rings is 2. The highest BCUT2D eigenvalue weighted by atomic mass is 79.9. The number of hydrogen-bond acceptors (Lipinski definition) is 2. The Balaban J connectivity index is 2.14. The SMILES string of the molecule is CC(O)c1ccccc1NCc1ccc(Cl)cc1Br. The van der Waals surface area contributed by atoms with Crippen LogP contribution in [0, 0.1) is 0 Å². The van der Waals surface area contributed by atoms with Gasteiger partial charge in [-0.05, 0) is 30.7 Å². The van der Waals surface area contributed by atoms with Crippen molar-refractivity contribution in [1.29, 1.82) is 0 Å². The summed E-state index contributed by atoms with van der Waals surface area (Å²) >= 11 is 9.41. The van der Waals surface area contributed by atoms with Crippen LogP contribution in [-0.2, 0) is 6.54 Å². The molecule has 0 amide bonds. The Kier molecular flexibility index (Phi) is 4.86. The minimum atomic E-state index is -0.489. The average molecular weight is 341 g/mol. The van der Waals surface area contributed by atoms with Crippen molar-refractivity contribution in [2.24, 2.45) is 0 Å². The maximum Gasteiger partial charge on any atom is 0.0781 e. The molecule has 0 aliphatic heterocycles. The summed E-state index contributed by atoms with van der Waals surface area (Å²) in [5.74, 6) is 0. The smallest absolute Gasteiger partial charge is 0.0781 e. The van der Waals surface area contributed by atoms with Gasteiger partial charge in [0.1, 0.15) is 0 Å². The highest BCUT2D eigenvalue weighted by Crippen LogP contribution is 2.25. The maximum absolute atomic E-state index is 9.73. The Morgan fingerprint density at radius 2 is 2.00 bits per heavy atom. The van der Waals surface area contributed by atoms with E-state index in [9.17, 15) is 5.11 Å². The molecule has 100 valence electrons. The molecule has 0 bridgehead atoms. The predicted molar refractivity (Wildman–Crippen MR) is 83.6 cm³/mol. The van der Waals surface area contributed by atoms with Crippen molar-refractivity contribution in [2.75, 3.05) is 5.32 Å². The van der Waals surface area contributed by atoms with Crippen LogP contribution < -0.4 is 5.32 Å². The first-order valence-electron chi connectivity index (χ1n) is 6.02. The average Bonchev–Trinajstić information content (AvgIpc) is 2.38. The number of para-hydroxylation sites is 1. The first kappa shape index (κ1) is 14.4. The van der Waals surface area contributed by atoms with Gasteiger partial charge in [-0.25, -0.2) is 0 Å². The van der Waals surface area contributed by atoms with Gasteiger partial charge < -0.3 is 10.4 Å². The number of hydrogen-bond donors (Lipinski definition) is 2. The third-order valence-corrected chi connectivity index (χ3v) is 3.87. The number of aliphatic hydroxyl groups is 1. The maximum atomic E-state index is 9.73. The van der Waals surface area contributed by atoms with Crippen molar-refractivity contribution in [3.05, 3.63) is 63.1 Å². The molecule has 0 fully saturated rings. The minimum absolute atomic E-state index is 0.489. The lowest BCUT2D eigenvalue weighted by Gasteiger charge is -2.14. The lowest BCUT2D eigenvalue weighted by molar-refractivity contribution is 0.200. The summed E-state index contributed by atoms with van der Waals surface area (Å²) in [4.78, 5) is 0. The lowest BCUT2D eigenvalue weighted by atomic mass is 10.1. The van der Waals surface area contributed by atoms with E-state index in [4.69, 9.17) is 11.6 Å². The van der Waals surface area contributed by atoms with E-state index < -0.39 is 6.10 Å². The number of anilines is 1. The molecule has 2 aromatic carbocycles. The molecule has 0 saturated heterocycles. The van der Waals surface area contributed by atoms with Crippen molar-refractivity contribution in [2.45, 2.75) is 19.6 Å². The Hall–Kier alpha value is -1.03. The van der Waals surface area contributed by atoms with Gasteiger partial charge in [-0.15, -0.1) is 0 Å². The fourth-order valence-corrected chi connectivity index (χ4v) is 2.70. The number of rotatable bonds is 4. The molecule has 0 radical (unpaired) electrons. The monoisotopic (exact) mass is 339 g/mol. The minimum Gasteiger partial charge on any atom is -0.389 e. The molecule has 0 aliphatic rings. The Bertz CT molecular complexity index is 572. The van der Waals surface area contributed by atoms with Crippen LogP contribution in [0.5, 0.6) is 0 Å². The third-order valence-electron chi connectivity index (χ3n) is 2.90. The topological polar surface area (TPSA) is 32.3 Å². The van der Waals surface area contributed by atoms with Gasteiger partial charge in [0.2, 0.25) is 0 Å². The van der Waals surface area contributed by atoms with Crippen LogP contribution in [0.3, 0.4) is 0 Å². The van der Waals surface area contributed by atoms with E-state index in [2.05, 4.69) is 21.2 Å². The number of halogens is 2. The second kappa shape index (κ2) is 6.42. The second-order valence-corrected chi connectivity index (χ2v) is 5.64. The van der Waals surface area contributed by atoms with Gasteiger partial charge in [0.05, 0.1) is 6.10 Å². The number of aliphatic hydroxyl groups excluding tert-OH is 1. The molecular formula is C15H15BrClNO. The summed E-state index contributed by atoms with van der Waals surface area (Å²) in [6, 6.07) is 13.5. The second-order valence-electron chi connectivity index (χ2n) is 4.35. The van der Waals surface area contributed by atoms with E-state index in [1.165, 1.54) is 0 Å². The van der Waals surface area contributed by atoms with Crippen molar-refractivity contribution < 1.29 is 5.11 Å². The Labute approximate surface area is 126 Å². The first-order valence-corrected chi connectivity index (χ1v) is 7.20. The van der Waals surface area contributed by atoms with Gasteiger partial charge in [-0.1, -0.05) is 51.8 Å². The van der Waals surface area contributed by atoms with Crippen LogP contribution >= 0.6 is 27.5 Å². The quantitative estimate of drug-likeness (QED) is 0.840. The summed E-state index contributed by atoms with van der Waals surface area (Å²) in [5.41, 5.74) is 2.96. The largest absolute Gasteiger partial charge is 0.389 e. The predicted octanol–water partition coefficient (Wildman–Crippen LogP) is 4.77. The third kappa shape index (κ3) is 3.72. The van der Waals surface area contributed by atoms with Crippen LogP contribution in [0.2, 0.25) is 5.02 Å². The molecule has 2 N–H and O–H groups in total. The van der Waals surface area contributed by atoms with E-state index in [1.807, 2.05) is 42.5 Å². The lowest BCUT2D eigenvalue weighted by Crippen LogP contribution is -2.04. The van der Waals surface area contributed by atoms with Gasteiger partial charge >= 0.3 is 0 Å². The Morgan fingerprint density at radius 1 is 1.26 bits per heavy atom. The van der Waals surface area contributed by atoms with Crippen LogP contribution in [0.15, 0.2) is 46.9 Å². The van der Waals surface area contributed by atoms with Crippen molar-refractivity contribution in [1.82, 2.24) is 0 Å². The zero-order valence-electron chi connectivity index (χ0n) is 10.5. The van der Waals surface area contributed by atoms with Crippen molar-refractivity contribution in [3.8, 4) is 0 Å². The van der Waals surface area contributed by atoms with Crippen molar-refractivity contribution in [3.63, 3.8) is 0 Å². The van der Waals surface area contributed by atoms with Crippen LogP contribution in [0.25, 0.3) is 0 Å². The molecule has 0 aromatic heterocycles. The summed E-state index contributed by atoms with van der Waals surface area (Å²) in [6.45, 7) is 2.43. The molecule has 0 spiro atoms. The fourth-order valence-electron chi connectivity index (χ4n) is 1.88. The van der Waals surface area contributed by atoms with Gasteiger partial charge in [0.15, 0.2) is 0 Å². The summed E-state index contributed by atoms with van der Waals surface area (Å²) in [6.07, 6.45) is -0.489. The standard InChI is InChI=1S/C15H15BrClNO/c1-10(19)13-4-2-3-5-15(13)18-9-11-6-7-12(17)8-14(11)16/h2-8,10,18-19H,9H2,1H3. The summed E-state index contributed by atoms with van der Waals surface area (Å²) < 4.78 is 0.974. The molecule has 0 heterocycles. The van der Waals surface area contributed by atoms with Gasteiger partial charge in [-0.3, -0.25) is 0 Å². The molecular weight excluding hydrogens is 326 g/mol. The van der Waals surface area contributed by atoms with Crippen LogP contribution in [-0.4, -0.2) is 5.11 Å². The van der Waals surface area contributed by atoms with Crippen molar-refractivity contribution >= 4 is 33.2 Å². The molecule has 0 saturated carbocycles. The molecule has 2 aromatic rings. The summed E-state index contributed by atoms with van der Waals surface area (Å²) in [5, 5.41) is 13.8. The first-order chi connectivity index (χ1) is 9.08. The van der Waals surface area contributed by atoms with E-state index in [1.54, 1.807) is 6.92 Å². The summed E-state index contributed by atoms with van der Waals surface area (Å²) in [7, 11) is 0. The molecule has 1 atom stereocenters. The zero-order valence-corrected chi connectivity index (χ0v) is 12.9. The molecule has 2 nitrogen and oxygen atoms in total. The molecule has 4 heteroatoms. The van der Waals surface area contributed by atoms with Crippen LogP contribution in [0.4, 0.5) is 5.69 Å². The molecule has 2 rings (SSSR count). The molecule has 1 unspecified atom stereocenters.